The molecule has 4 amide bonds. The monoisotopic (exact) mass is 744 g/mol. The predicted molar refractivity (Wildman–Crippen MR) is 186 cm³/mol. The largest absolute Gasteiger partial charge is 0.497 e. The topological polar surface area (TPSA) is 206 Å². The van der Waals surface area contributed by atoms with E-state index in [1.165, 1.54) is 12.0 Å². The number of alkyl halides is 1. The maximum absolute atomic E-state index is 14.3. The average molecular weight is 745 g/mol. The van der Waals surface area contributed by atoms with Crippen molar-refractivity contribution in [2.75, 3.05) is 20.3 Å². The van der Waals surface area contributed by atoms with E-state index < -0.39 is 80.8 Å². The minimum atomic E-state index is -4.39. The molecule has 0 spiro atoms. The number of halogens is 1. The van der Waals surface area contributed by atoms with E-state index in [0.717, 1.165) is 0 Å². The van der Waals surface area contributed by atoms with Gasteiger partial charge in [0, 0.05) is 18.4 Å². The molecule has 15 nitrogen and oxygen atoms in total. The maximum atomic E-state index is 14.3. The molecule has 0 bridgehead atoms. The summed E-state index contributed by atoms with van der Waals surface area (Å²) in [6, 6.07) is 2.77. The van der Waals surface area contributed by atoms with Crippen molar-refractivity contribution in [3.8, 4) is 11.6 Å². The van der Waals surface area contributed by atoms with Crippen molar-refractivity contribution < 1.29 is 46.6 Å². The lowest BCUT2D eigenvalue weighted by Gasteiger charge is -2.32. The predicted octanol–water partition coefficient (Wildman–Crippen LogP) is 2.77. The number of hydrogen-bond acceptors (Lipinski definition) is 10. The van der Waals surface area contributed by atoms with Crippen molar-refractivity contribution in [1.29, 1.82) is 0 Å². The second-order valence-electron chi connectivity index (χ2n) is 14.7. The number of carbonyl (C=O) groups is 4. The number of nitrogens with one attached hydrogen (secondary N) is 3. The molecule has 4 aliphatic rings. The van der Waals surface area contributed by atoms with Crippen LogP contribution in [0.15, 0.2) is 30.4 Å². The smallest absolute Gasteiger partial charge is 0.405 e. The zero-order valence-electron chi connectivity index (χ0n) is 29.6. The molecule has 2 saturated carbocycles. The van der Waals surface area contributed by atoms with Gasteiger partial charge >= 0.3 is 6.09 Å². The van der Waals surface area contributed by atoms with Crippen LogP contribution < -0.4 is 24.8 Å². The highest BCUT2D eigenvalue weighted by Gasteiger charge is 2.64. The number of hydrogen-bond donors (Lipinski definition) is 4. The van der Waals surface area contributed by atoms with Crippen molar-refractivity contribution in [3.05, 3.63) is 36.0 Å². The van der Waals surface area contributed by atoms with Gasteiger partial charge < -0.3 is 30.1 Å². The Hall–Kier alpha value is -4.54. The molecule has 17 heteroatoms. The number of rotatable bonds is 8. The van der Waals surface area contributed by atoms with E-state index in [4.69, 9.17) is 9.47 Å². The highest BCUT2D eigenvalue weighted by Crippen LogP contribution is 2.48. The number of carbonyl (C=O) groups excluding carboxylic acids is 3. The molecule has 7 atom stereocenters. The minimum Gasteiger partial charge on any atom is -0.497 e. The lowest BCUT2D eigenvalue weighted by Crippen LogP contribution is -2.59. The van der Waals surface area contributed by atoms with Gasteiger partial charge in [-0.25, -0.2) is 27.6 Å². The third-order valence-electron chi connectivity index (χ3n) is 10.8. The van der Waals surface area contributed by atoms with Crippen LogP contribution in [0.3, 0.4) is 0 Å². The van der Waals surface area contributed by atoms with Crippen LogP contribution in [0, 0.1) is 24.7 Å². The Balaban J connectivity index is 1.33. The fraction of sp³-hybridized carbons (Fsp3) is 0.600. The van der Waals surface area contributed by atoms with E-state index in [1.807, 2.05) is 17.7 Å². The van der Waals surface area contributed by atoms with Gasteiger partial charge in [-0.3, -0.25) is 19.1 Å². The van der Waals surface area contributed by atoms with Crippen LogP contribution in [0.25, 0.3) is 11.0 Å². The Labute approximate surface area is 301 Å². The summed E-state index contributed by atoms with van der Waals surface area (Å²) in [5, 5.41) is 14.9. The molecule has 6 rings (SSSR count). The second-order valence-corrected chi connectivity index (χ2v) is 16.8. The molecule has 3 fully saturated rings. The third-order valence-corrected chi connectivity index (χ3v) is 12.9. The zero-order valence-corrected chi connectivity index (χ0v) is 30.4. The van der Waals surface area contributed by atoms with E-state index in [9.17, 15) is 37.1 Å². The molecule has 1 aromatic carbocycles. The summed E-state index contributed by atoms with van der Waals surface area (Å²) in [5.41, 5.74) is -0.121. The molecule has 52 heavy (non-hydrogen) atoms. The Kier molecular flexibility index (Phi) is 10.1. The lowest BCUT2D eigenvalue weighted by atomic mass is 9.88. The molecule has 1 aromatic heterocycles. The zero-order chi connectivity index (χ0) is 37.6. The first-order chi connectivity index (χ1) is 24.6. The Morgan fingerprint density at radius 2 is 1.90 bits per heavy atom. The van der Waals surface area contributed by atoms with Crippen LogP contribution in [0.4, 0.5) is 9.18 Å². The van der Waals surface area contributed by atoms with Gasteiger partial charge in [-0.05, 0) is 69.4 Å². The summed E-state index contributed by atoms with van der Waals surface area (Å²) in [6.07, 6.45) is 3.44. The van der Waals surface area contributed by atoms with E-state index in [0.29, 0.717) is 41.7 Å². The molecule has 2 aliphatic carbocycles. The number of benzene rings is 1. The summed E-state index contributed by atoms with van der Waals surface area (Å²) >= 11 is 0. The molecule has 1 saturated heterocycles. The molecule has 282 valence electrons. The number of allylic oxidation sites excluding steroid dienone is 1. The fourth-order valence-electron chi connectivity index (χ4n) is 7.39. The summed E-state index contributed by atoms with van der Waals surface area (Å²) in [4.78, 5) is 64.8. The van der Waals surface area contributed by atoms with Gasteiger partial charge in [0.2, 0.25) is 27.7 Å². The molecule has 0 radical (unpaired) electrons. The van der Waals surface area contributed by atoms with Crippen molar-refractivity contribution in [3.63, 3.8) is 0 Å². The Morgan fingerprint density at radius 3 is 2.58 bits per heavy atom. The minimum absolute atomic E-state index is 0.0547. The van der Waals surface area contributed by atoms with E-state index >= 15 is 0 Å². The summed E-state index contributed by atoms with van der Waals surface area (Å²) in [5.74, 6) is -2.56. The number of ether oxygens (including phenoxy) is 2. The van der Waals surface area contributed by atoms with Crippen LogP contribution in [0.2, 0.25) is 0 Å². The van der Waals surface area contributed by atoms with Crippen LogP contribution >= 0.6 is 0 Å². The van der Waals surface area contributed by atoms with E-state index in [-0.39, 0.29) is 44.0 Å². The van der Waals surface area contributed by atoms with Gasteiger partial charge in [-0.1, -0.05) is 26.0 Å². The quantitative estimate of drug-likeness (QED) is 0.289. The van der Waals surface area contributed by atoms with Gasteiger partial charge in [-0.15, -0.1) is 0 Å². The molecular weight excluding hydrogens is 699 g/mol. The lowest BCUT2D eigenvalue weighted by molar-refractivity contribution is -0.142. The number of methoxy groups -OCH3 is 1. The SMILES string of the molecule is COc1ccc2nc(C)c(O[C@@H]3C[C@H]4C(=O)N[C@]5(C(=O)NS(=O)(=O)C6(CF)CC6)C[C@H]5C=CCC[C@@H](C)C[C@@H](C)[C@H](NC(=O)O)C(=O)N4C3)nc2c1. The standard InChI is InChI=1S/C35H45FN6O9S/c1-19-7-5-6-8-22-16-35(22,32(45)41-52(48,49)34(18-36)11-12-34)40-29(43)27-15-24(17-42(27)31(44)28(20(2)13-19)39-33(46)47)51-30-21(3)37-25-10-9-23(50-4)14-26(25)38-30/h6,8-10,14,19-20,22,24,27-28,39H,5,7,11-13,15-18H2,1-4H3,(H,40,43)(H,41,45)(H,46,47)/t19-,20-,22-,24-,27+,28+,35-/m1/s1. The summed E-state index contributed by atoms with van der Waals surface area (Å²) in [6.45, 7) is 4.22. The number of amides is 4. The van der Waals surface area contributed by atoms with Crippen molar-refractivity contribution in [2.45, 2.75) is 94.2 Å². The van der Waals surface area contributed by atoms with Crippen LogP contribution in [0.1, 0.15) is 64.5 Å². The van der Waals surface area contributed by atoms with Gasteiger partial charge in [-0.2, -0.15) is 0 Å². The third kappa shape index (κ3) is 7.23. The number of carboxylic acid groups (broad SMARTS) is 1. The van der Waals surface area contributed by atoms with Crippen molar-refractivity contribution >= 4 is 44.9 Å². The van der Waals surface area contributed by atoms with E-state index in [2.05, 4.69) is 20.6 Å². The van der Waals surface area contributed by atoms with E-state index in [1.54, 1.807) is 38.1 Å². The highest BCUT2D eigenvalue weighted by atomic mass is 32.2. The molecule has 3 heterocycles. The Morgan fingerprint density at radius 1 is 1.15 bits per heavy atom. The van der Waals surface area contributed by atoms with Crippen LogP contribution in [-0.4, -0.2) is 101 Å². The van der Waals surface area contributed by atoms with Crippen molar-refractivity contribution in [2.24, 2.45) is 17.8 Å². The normalized spacial score (nSPS) is 30.2. The second kappa shape index (κ2) is 14.1. The molecule has 4 N–H and O–H groups in total. The van der Waals surface area contributed by atoms with Gasteiger partial charge in [0.25, 0.3) is 5.91 Å². The first-order valence-electron chi connectivity index (χ1n) is 17.5. The first kappa shape index (κ1) is 37.2. The summed E-state index contributed by atoms with van der Waals surface area (Å²) < 4.78 is 51.9. The maximum Gasteiger partial charge on any atom is 0.405 e. The van der Waals surface area contributed by atoms with Gasteiger partial charge in [0.15, 0.2) is 0 Å². The van der Waals surface area contributed by atoms with Crippen LogP contribution in [-0.2, 0) is 24.4 Å². The van der Waals surface area contributed by atoms with Gasteiger partial charge in [0.1, 0.15) is 46.6 Å². The fourth-order valence-corrected chi connectivity index (χ4v) is 8.81. The van der Waals surface area contributed by atoms with Crippen molar-refractivity contribution in [1.82, 2.24) is 30.2 Å². The number of aryl methyl sites for hydroxylation is 1. The molecule has 2 aliphatic heterocycles. The van der Waals surface area contributed by atoms with Gasteiger partial charge in [0.05, 0.1) is 24.7 Å². The number of fused-ring (bicyclic) bond motifs is 3. The highest BCUT2D eigenvalue weighted by molar-refractivity contribution is 7.91. The first-order valence-corrected chi connectivity index (χ1v) is 19.0. The summed E-state index contributed by atoms with van der Waals surface area (Å²) in [7, 11) is -2.86. The molecule has 0 unspecified atom stereocenters. The molecular formula is C35H45FN6O9S. The number of aromatic nitrogens is 2. The van der Waals surface area contributed by atoms with Crippen LogP contribution in [0.5, 0.6) is 11.6 Å². The number of nitrogens with zero attached hydrogens (tertiary/aromatic N) is 3. The number of sulfonamides is 1. The average Bonchev–Trinajstić information content (AvgIpc) is 4.00. The molecule has 2 aromatic rings. The Bertz CT molecular complexity index is 1910.